The molecule has 0 amide bonds. The first kappa shape index (κ1) is 6.26. The Labute approximate surface area is 52.1 Å². The zero-order valence-electron chi connectivity index (χ0n) is 5.06. The molecular formula is C5H12O2Si. The third kappa shape index (κ3) is 2.45. The first-order valence-electron chi connectivity index (χ1n) is 3.15. The zero-order valence-corrected chi connectivity index (χ0v) is 6.47. The Morgan fingerprint density at radius 1 is 1.12 bits per heavy atom. The van der Waals surface area contributed by atoms with E-state index in [0.717, 1.165) is 19.8 Å². The molecule has 1 heterocycles. The number of ether oxygens (including phenoxy) is 1. The lowest BCUT2D eigenvalue weighted by Crippen LogP contribution is -2.12. The van der Waals surface area contributed by atoms with Gasteiger partial charge in [-0.05, 0) is 12.5 Å². The van der Waals surface area contributed by atoms with Crippen LogP contribution in [-0.4, -0.2) is 29.6 Å². The van der Waals surface area contributed by atoms with Crippen LogP contribution in [0.5, 0.6) is 0 Å². The van der Waals surface area contributed by atoms with Gasteiger partial charge in [0.25, 0.3) is 0 Å². The number of hydrogen-bond donors (Lipinski definition) is 0. The summed E-state index contributed by atoms with van der Waals surface area (Å²) in [6.45, 7) is 2.61. The average molecular weight is 132 g/mol. The van der Waals surface area contributed by atoms with Crippen molar-refractivity contribution in [2.45, 2.75) is 12.5 Å². The van der Waals surface area contributed by atoms with Crippen molar-refractivity contribution < 1.29 is 9.16 Å². The summed E-state index contributed by atoms with van der Waals surface area (Å²) in [4.78, 5) is 0. The normalized spacial score (nSPS) is 27.0. The summed E-state index contributed by atoms with van der Waals surface area (Å²) < 4.78 is 10.5. The van der Waals surface area contributed by atoms with Crippen molar-refractivity contribution in [1.82, 2.24) is 0 Å². The highest BCUT2D eigenvalue weighted by atomic mass is 28.2. The molecule has 0 radical (unpaired) electrons. The highest BCUT2D eigenvalue weighted by Gasteiger charge is 1.95. The largest absolute Gasteiger partial charge is 0.422 e. The van der Waals surface area contributed by atoms with Crippen LogP contribution in [0.2, 0.25) is 6.04 Å². The Bertz CT molecular complexity index is 34.4. The molecule has 0 saturated carbocycles. The highest BCUT2D eigenvalue weighted by molar-refractivity contribution is 6.26. The summed E-state index contributed by atoms with van der Waals surface area (Å²) in [5, 5.41) is 0. The predicted octanol–water partition coefficient (Wildman–Crippen LogP) is -0.0746. The van der Waals surface area contributed by atoms with Crippen LogP contribution in [0.25, 0.3) is 0 Å². The molecule has 0 unspecified atom stereocenters. The summed E-state index contributed by atoms with van der Waals surface area (Å²) >= 11 is 0. The van der Waals surface area contributed by atoms with Gasteiger partial charge in [0.1, 0.15) is 0 Å². The summed E-state index contributed by atoms with van der Waals surface area (Å²) in [6, 6.07) is 1.29. The Hall–Kier alpha value is 0.137. The van der Waals surface area contributed by atoms with Crippen molar-refractivity contribution in [1.29, 1.82) is 0 Å². The third-order valence-electron chi connectivity index (χ3n) is 1.20. The maximum atomic E-state index is 5.29. The van der Waals surface area contributed by atoms with Crippen molar-refractivity contribution in [2.75, 3.05) is 19.8 Å². The van der Waals surface area contributed by atoms with Crippen LogP contribution in [-0.2, 0) is 9.16 Å². The number of rotatable bonds is 0. The second-order valence-electron chi connectivity index (χ2n) is 1.93. The lowest BCUT2D eigenvalue weighted by molar-refractivity contribution is 0.0936. The Morgan fingerprint density at radius 2 is 2.12 bits per heavy atom. The van der Waals surface area contributed by atoms with E-state index in [2.05, 4.69) is 0 Å². The van der Waals surface area contributed by atoms with Crippen LogP contribution in [0, 0.1) is 0 Å². The third-order valence-corrected chi connectivity index (χ3v) is 2.57. The van der Waals surface area contributed by atoms with Gasteiger partial charge in [0.2, 0.25) is 0 Å². The van der Waals surface area contributed by atoms with Crippen molar-refractivity contribution >= 4 is 9.76 Å². The SMILES string of the molecule is C1COCCO[SiH2]C1. The van der Waals surface area contributed by atoms with Gasteiger partial charge >= 0.3 is 0 Å². The van der Waals surface area contributed by atoms with Gasteiger partial charge in [-0.3, -0.25) is 0 Å². The Morgan fingerprint density at radius 3 is 3.12 bits per heavy atom. The minimum absolute atomic E-state index is 0.128. The molecular weight excluding hydrogens is 120 g/mol. The van der Waals surface area contributed by atoms with Crippen molar-refractivity contribution in [3.8, 4) is 0 Å². The van der Waals surface area contributed by atoms with Gasteiger partial charge in [-0.25, -0.2) is 0 Å². The smallest absolute Gasteiger partial charge is 0.161 e. The minimum Gasteiger partial charge on any atom is -0.422 e. The van der Waals surface area contributed by atoms with Gasteiger partial charge in [0, 0.05) is 6.61 Å². The molecule has 0 N–H and O–H groups in total. The van der Waals surface area contributed by atoms with Crippen LogP contribution >= 0.6 is 0 Å². The van der Waals surface area contributed by atoms with Gasteiger partial charge in [0.05, 0.1) is 13.2 Å². The van der Waals surface area contributed by atoms with E-state index in [-0.39, 0.29) is 9.76 Å². The standard InChI is InChI=1S/C5H12O2Si/c1-2-6-3-4-7-8-5-1/h1-5,8H2. The molecule has 0 aromatic heterocycles. The molecule has 1 fully saturated rings. The summed E-state index contributed by atoms with van der Waals surface area (Å²) in [7, 11) is -0.128. The fraction of sp³-hybridized carbons (Fsp3) is 1.00. The maximum Gasteiger partial charge on any atom is 0.161 e. The predicted molar refractivity (Wildman–Crippen MR) is 34.7 cm³/mol. The second kappa shape index (κ2) is 4.06. The van der Waals surface area contributed by atoms with Crippen molar-refractivity contribution in [2.24, 2.45) is 0 Å². The topological polar surface area (TPSA) is 18.5 Å². The van der Waals surface area contributed by atoms with Crippen LogP contribution in [0.3, 0.4) is 0 Å². The lowest BCUT2D eigenvalue weighted by Gasteiger charge is -2.08. The molecule has 0 aliphatic carbocycles. The zero-order chi connectivity index (χ0) is 5.66. The summed E-state index contributed by atoms with van der Waals surface area (Å²) in [6.07, 6.45) is 1.21. The van der Waals surface area contributed by atoms with Gasteiger partial charge in [-0.2, -0.15) is 0 Å². The van der Waals surface area contributed by atoms with Crippen LogP contribution < -0.4 is 0 Å². The molecule has 1 saturated heterocycles. The van der Waals surface area contributed by atoms with E-state index in [4.69, 9.17) is 9.16 Å². The van der Waals surface area contributed by atoms with E-state index in [1.807, 2.05) is 0 Å². The molecule has 1 aliphatic rings. The first-order valence-corrected chi connectivity index (χ1v) is 4.73. The molecule has 0 spiro atoms. The molecule has 0 bridgehead atoms. The van der Waals surface area contributed by atoms with Crippen molar-refractivity contribution in [3.05, 3.63) is 0 Å². The van der Waals surface area contributed by atoms with E-state index in [9.17, 15) is 0 Å². The second-order valence-corrected chi connectivity index (χ2v) is 3.46. The molecule has 8 heavy (non-hydrogen) atoms. The monoisotopic (exact) mass is 132 g/mol. The van der Waals surface area contributed by atoms with Gasteiger partial charge < -0.3 is 9.16 Å². The molecule has 0 aromatic carbocycles. The van der Waals surface area contributed by atoms with E-state index in [1.165, 1.54) is 12.5 Å². The molecule has 0 atom stereocenters. The van der Waals surface area contributed by atoms with Crippen molar-refractivity contribution in [3.63, 3.8) is 0 Å². The lowest BCUT2D eigenvalue weighted by atomic mass is 10.5. The summed E-state index contributed by atoms with van der Waals surface area (Å²) in [5.41, 5.74) is 0. The van der Waals surface area contributed by atoms with E-state index < -0.39 is 0 Å². The van der Waals surface area contributed by atoms with E-state index in [0.29, 0.717) is 0 Å². The Balaban J connectivity index is 2.00. The fourth-order valence-electron chi connectivity index (χ4n) is 0.730. The molecule has 48 valence electrons. The quantitative estimate of drug-likeness (QED) is 0.429. The van der Waals surface area contributed by atoms with Gasteiger partial charge in [-0.1, -0.05) is 0 Å². The van der Waals surface area contributed by atoms with Crippen LogP contribution in [0.15, 0.2) is 0 Å². The highest BCUT2D eigenvalue weighted by Crippen LogP contribution is 1.94. The Kier molecular flexibility index (Phi) is 3.18. The molecule has 1 rings (SSSR count). The molecule has 0 aromatic rings. The summed E-state index contributed by atoms with van der Waals surface area (Å²) in [5.74, 6) is 0. The maximum absolute atomic E-state index is 5.29. The molecule has 2 nitrogen and oxygen atoms in total. The fourth-order valence-corrected chi connectivity index (χ4v) is 1.66. The average Bonchev–Trinajstić information content (AvgIpc) is 1.62. The van der Waals surface area contributed by atoms with E-state index >= 15 is 0 Å². The van der Waals surface area contributed by atoms with Crippen LogP contribution in [0.4, 0.5) is 0 Å². The minimum atomic E-state index is -0.128. The molecule has 1 aliphatic heterocycles. The number of hydrogen-bond acceptors (Lipinski definition) is 2. The van der Waals surface area contributed by atoms with E-state index in [1.54, 1.807) is 0 Å². The van der Waals surface area contributed by atoms with Crippen LogP contribution in [0.1, 0.15) is 6.42 Å². The first-order chi connectivity index (χ1) is 4.00. The van der Waals surface area contributed by atoms with Gasteiger partial charge in [0.15, 0.2) is 9.76 Å². The van der Waals surface area contributed by atoms with Gasteiger partial charge in [-0.15, -0.1) is 0 Å². The molecule has 3 heteroatoms.